The first-order valence-corrected chi connectivity index (χ1v) is 10.8. The summed E-state index contributed by atoms with van der Waals surface area (Å²) >= 11 is 0. The molecule has 0 fully saturated rings. The van der Waals surface area contributed by atoms with Crippen molar-refractivity contribution in [2.45, 2.75) is 87.1 Å². The Hall–Kier alpha value is -0.160. The molecule has 0 amide bonds. The van der Waals surface area contributed by atoms with E-state index in [0.29, 0.717) is 35.9 Å². The average molecular weight is 388 g/mol. The lowest BCUT2D eigenvalue weighted by atomic mass is 9.84. The molecule has 0 aliphatic heterocycles. The predicted octanol–water partition coefficient (Wildman–Crippen LogP) is 5.89. The fourth-order valence-electron chi connectivity index (χ4n) is 3.71. The van der Waals surface area contributed by atoms with Crippen molar-refractivity contribution in [3.8, 4) is 0 Å². The zero-order chi connectivity index (χ0) is 21.3. The Morgan fingerprint density at radius 3 is 1.33 bits per heavy atom. The van der Waals surface area contributed by atoms with Gasteiger partial charge in [0.15, 0.2) is 0 Å². The Kier molecular flexibility index (Phi) is 11.7. The van der Waals surface area contributed by atoms with Crippen LogP contribution in [0.5, 0.6) is 0 Å². The number of rotatable bonds is 13. The number of ether oxygens (including phenoxy) is 2. The lowest BCUT2D eigenvalue weighted by molar-refractivity contribution is -0.868. The van der Waals surface area contributed by atoms with Gasteiger partial charge in [-0.1, -0.05) is 55.4 Å². The minimum Gasteiger partial charge on any atom is -0.633 e. The lowest BCUT2D eigenvalue weighted by Gasteiger charge is -2.41. The highest BCUT2D eigenvalue weighted by atomic mass is 16.6. The van der Waals surface area contributed by atoms with Crippen molar-refractivity contribution in [2.24, 2.45) is 22.7 Å². The highest BCUT2D eigenvalue weighted by Crippen LogP contribution is 2.26. The maximum absolute atomic E-state index is 12.4. The molecular formula is C23H49NO3. The summed E-state index contributed by atoms with van der Waals surface area (Å²) in [7, 11) is 3.36. The molecule has 0 rings (SSSR count). The molecule has 2 unspecified atom stereocenters. The maximum atomic E-state index is 12.4. The van der Waals surface area contributed by atoms with Crippen molar-refractivity contribution in [3.63, 3.8) is 0 Å². The summed E-state index contributed by atoms with van der Waals surface area (Å²) in [4.78, 5) is 0. The molecule has 4 nitrogen and oxygen atoms in total. The van der Waals surface area contributed by atoms with Crippen molar-refractivity contribution in [1.29, 1.82) is 0 Å². The van der Waals surface area contributed by atoms with E-state index in [2.05, 4.69) is 55.4 Å². The molecule has 0 N–H and O–H groups in total. The fourth-order valence-corrected chi connectivity index (χ4v) is 3.71. The van der Waals surface area contributed by atoms with E-state index in [4.69, 9.17) is 9.47 Å². The van der Waals surface area contributed by atoms with Gasteiger partial charge in [0.05, 0.1) is 14.1 Å². The summed E-state index contributed by atoms with van der Waals surface area (Å²) in [6, 6.07) is -0.166. The normalized spacial score (nSPS) is 17.0. The van der Waals surface area contributed by atoms with Crippen LogP contribution in [0.25, 0.3) is 0 Å². The van der Waals surface area contributed by atoms with Crippen LogP contribution in [0, 0.1) is 27.9 Å². The molecule has 0 saturated carbocycles. The van der Waals surface area contributed by atoms with Gasteiger partial charge in [-0.3, -0.25) is 0 Å². The highest BCUT2D eigenvalue weighted by Gasteiger charge is 2.22. The molecule has 2 atom stereocenters. The molecule has 164 valence electrons. The molecule has 0 aromatic rings. The zero-order valence-corrected chi connectivity index (χ0v) is 20.1. The molecule has 0 bridgehead atoms. The van der Waals surface area contributed by atoms with E-state index in [1.807, 2.05) is 0 Å². The molecule has 0 heterocycles. The number of quaternary nitrogens is 1. The summed E-state index contributed by atoms with van der Waals surface area (Å²) in [6.07, 6.45) is 4.47. The van der Waals surface area contributed by atoms with Gasteiger partial charge in [0.1, 0.15) is 19.3 Å². The van der Waals surface area contributed by atoms with Crippen LogP contribution in [-0.2, 0) is 9.47 Å². The van der Waals surface area contributed by atoms with E-state index in [1.54, 1.807) is 14.1 Å². The smallest absolute Gasteiger partial charge is 0.136 e. The van der Waals surface area contributed by atoms with Gasteiger partial charge >= 0.3 is 0 Å². The van der Waals surface area contributed by atoms with Gasteiger partial charge in [0.25, 0.3) is 0 Å². The highest BCUT2D eigenvalue weighted by molar-refractivity contribution is 4.67. The molecule has 0 aliphatic carbocycles. The molecule has 0 radical (unpaired) electrons. The molecule has 27 heavy (non-hydrogen) atoms. The number of hydroxylamine groups is 3. The largest absolute Gasteiger partial charge is 0.633 e. The second kappa shape index (κ2) is 11.7. The standard InChI is InChI=1S/C23H49NO3/c1-19(15-22(3,4)5)11-13-26-17-21(24(9,10)25)18-27-14-12-20(2)16-23(6,7)8/h19-21H,11-18H2,1-10H3. The Bertz CT molecular complexity index is 347. The van der Waals surface area contributed by atoms with Crippen molar-refractivity contribution >= 4 is 0 Å². The maximum Gasteiger partial charge on any atom is 0.136 e. The number of hydrogen-bond acceptors (Lipinski definition) is 3. The van der Waals surface area contributed by atoms with Gasteiger partial charge in [-0.2, -0.15) is 0 Å². The topological polar surface area (TPSA) is 41.5 Å². The van der Waals surface area contributed by atoms with Crippen molar-refractivity contribution in [3.05, 3.63) is 5.21 Å². The van der Waals surface area contributed by atoms with Crippen LogP contribution < -0.4 is 0 Å². The zero-order valence-electron chi connectivity index (χ0n) is 20.1. The Balaban J connectivity index is 4.13. The SMILES string of the molecule is CC(CCOCC(COCCC(C)CC(C)(C)C)[N+](C)(C)[O-])CC(C)(C)C. The minimum absolute atomic E-state index is 0.166. The van der Waals surface area contributed by atoms with Crippen molar-refractivity contribution in [2.75, 3.05) is 40.5 Å². The van der Waals surface area contributed by atoms with Crippen LogP contribution in [0.4, 0.5) is 0 Å². The molecule has 0 spiro atoms. The third-order valence-electron chi connectivity index (χ3n) is 4.93. The van der Waals surface area contributed by atoms with Crippen LogP contribution in [0.15, 0.2) is 0 Å². The third-order valence-corrected chi connectivity index (χ3v) is 4.93. The number of hydrogen-bond donors (Lipinski definition) is 0. The van der Waals surface area contributed by atoms with E-state index >= 15 is 0 Å². The van der Waals surface area contributed by atoms with Gasteiger partial charge < -0.3 is 19.3 Å². The van der Waals surface area contributed by atoms with Crippen LogP contribution in [-0.4, -0.2) is 51.2 Å². The summed E-state index contributed by atoms with van der Waals surface area (Å²) in [5, 5.41) is 12.4. The van der Waals surface area contributed by atoms with E-state index in [9.17, 15) is 5.21 Å². The Labute approximate surface area is 170 Å². The van der Waals surface area contributed by atoms with Crippen molar-refractivity contribution < 1.29 is 14.1 Å². The first kappa shape index (κ1) is 26.8. The van der Waals surface area contributed by atoms with Crippen LogP contribution >= 0.6 is 0 Å². The molecule has 0 saturated heterocycles. The minimum atomic E-state index is -0.366. The van der Waals surface area contributed by atoms with Crippen LogP contribution in [0.2, 0.25) is 0 Å². The average Bonchev–Trinajstić information content (AvgIpc) is 2.40. The first-order valence-electron chi connectivity index (χ1n) is 10.8. The first-order chi connectivity index (χ1) is 12.1. The summed E-state index contributed by atoms with van der Waals surface area (Å²) < 4.78 is 11.3. The second-order valence-electron chi connectivity index (χ2n) is 11.6. The molecule has 0 aromatic carbocycles. The van der Waals surface area contributed by atoms with Gasteiger partial charge in [0.2, 0.25) is 0 Å². The van der Waals surface area contributed by atoms with Crippen LogP contribution in [0.1, 0.15) is 81.1 Å². The third kappa shape index (κ3) is 16.5. The van der Waals surface area contributed by atoms with Gasteiger partial charge in [-0.15, -0.1) is 0 Å². The fraction of sp³-hybridized carbons (Fsp3) is 1.00. The van der Waals surface area contributed by atoms with E-state index < -0.39 is 0 Å². The second-order valence-corrected chi connectivity index (χ2v) is 11.6. The van der Waals surface area contributed by atoms with E-state index in [0.717, 1.165) is 26.1 Å². The predicted molar refractivity (Wildman–Crippen MR) is 117 cm³/mol. The molecule has 0 aliphatic rings. The molecular weight excluding hydrogens is 338 g/mol. The van der Waals surface area contributed by atoms with Gasteiger partial charge in [-0.05, 0) is 48.3 Å². The van der Waals surface area contributed by atoms with Crippen molar-refractivity contribution in [1.82, 2.24) is 0 Å². The van der Waals surface area contributed by atoms with E-state index in [-0.39, 0.29) is 10.7 Å². The monoisotopic (exact) mass is 387 g/mol. The quantitative estimate of drug-likeness (QED) is 0.225. The summed E-state index contributed by atoms with van der Waals surface area (Å²) in [6.45, 7) is 20.6. The number of nitrogens with zero attached hydrogens (tertiary/aromatic N) is 1. The lowest BCUT2D eigenvalue weighted by Crippen LogP contribution is -2.49. The Morgan fingerprint density at radius 1 is 0.741 bits per heavy atom. The Morgan fingerprint density at radius 2 is 1.07 bits per heavy atom. The summed E-state index contributed by atoms with van der Waals surface area (Å²) in [5.74, 6) is 1.28. The van der Waals surface area contributed by atoms with Gasteiger partial charge in [0, 0.05) is 13.2 Å². The number of likely N-dealkylation sites (N-methyl/N-ethyl adjacent to an activating group) is 1. The molecule has 4 heteroatoms. The molecule has 0 aromatic heterocycles. The van der Waals surface area contributed by atoms with Gasteiger partial charge in [-0.25, -0.2) is 0 Å². The summed E-state index contributed by atoms with van der Waals surface area (Å²) in [5.41, 5.74) is 0.710. The van der Waals surface area contributed by atoms with E-state index in [1.165, 1.54) is 12.8 Å². The van der Waals surface area contributed by atoms with Crippen LogP contribution in [0.3, 0.4) is 0 Å².